The summed E-state index contributed by atoms with van der Waals surface area (Å²) in [6.45, 7) is 2.04. The van der Waals surface area contributed by atoms with E-state index < -0.39 is 0 Å². The van der Waals surface area contributed by atoms with E-state index in [0.717, 1.165) is 39.8 Å². The lowest BCUT2D eigenvalue weighted by atomic mass is 10.0. The second kappa shape index (κ2) is 8.89. The number of aromatic nitrogens is 1. The standard InChI is InChI=1S/C26H22ClN3O2S/c1-16-10-11-17(27)15-18(16)21-12-13-23(32-21)25-24(19-7-5-6-14-28-19)29-26(33)30(25)20-8-3-4-9-22(20)31-2/h3-15,24-25H,1-2H3,(H,29,33)/t24-,25+/m1/s1. The van der Waals surface area contributed by atoms with Gasteiger partial charge in [-0.15, -0.1) is 0 Å². The van der Waals surface area contributed by atoms with Crippen molar-refractivity contribution in [2.45, 2.75) is 19.0 Å². The van der Waals surface area contributed by atoms with Gasteiger partial charge in [-0.25, -0.2) is 0 Å². The zero-order chi connectivity index (χ0) is 22.9. The number of halogens is 1. The number of para-hydroxylation sites is 2. The summed E-state index contributed by atoms with van der Waals surface area (Å²) in [5.41, 5.74) is 3.78. The lowest BCUT2D eigenvalue weighted by Crippen LogP contribution is -2.29. The molecule has 0 amide bonds. The summed E-state index contributed by atoms with van der Waals surface area (Å²) < 4.78 is 12.1. The number of ether oxygens (including phenoxy) is 1. The number of anilines is 1. The molecule has 33 heavy (non-hydrogen) atoms. The maximum Gasteiger partial charge on any atom is 0.174 e. The Hall–Kier alpha value is -3.35. The molecule has 166 valence electrons. The molecule has 3 heterocycles. The first kappa shape index (κ1) is 21.5. The molecule has 5 rings (SSSR count). The molecule has 0 aliphatic carbocycles. The average molecular weight is 476 g/mol. The smallest absolute Gasteiger partial charge is 0.174 e. The van der Waals surface area contributed by atoms with Gasteiger partial charge in [0, 0.05) is 16.8 Å². The molecule has 2 aromatic carbocycles. The van der Waals surface area contributed by atoms with Crippen LogP contribution in [-0.4, -0.2) is 17.2 Å². The van der Waals surface area contributed by atoms with Crippen LogP contribution in [0.15, 0.2) is 83.4 Å². The molecule has 0 bridgehead atoms. The molecule has 1 saturated heterocycles. The normalized spacial score (nSPS) is 17.8. The molecular weight excluding hydrogens is 454 g/mol. The van der Waals surface area contributed by atoms with Gasteiger partial charge >= 0.3 is 0 Å². The number of nitrogens with one attached hydrogen (secondary N) is 1. The minimum atomic E-state index is -0.267. The number of rotatable bonds is 5. The first-order valence-corrected chi connectivity index (χ1v) is 11.4. The second-order valence-electron chi connectivity index (χ2n) is 7.83. The predicted molar refractivity (Wildman–Crippen MR) is 135 cm³/mol. The molecule has 1 fully saturated rings. The fourth-order valence-corrected chi connectivity index (χ4v) is 4.76. The van der Waals surface area contributed by atoms with E-state index in [1.165, 1.54) is 0 Å². The quantitative estimate of drug-likeness (QED) is 0.333. The van der Waals surface area contributed by atoms with Gasteiger partial charge < -0.3 is 19.4 Å². The fourth-order valence-electron chi connectivity index (χ4n) is 4.25. The number of hydrogen-bond acceptors (Lipinski definition) is 4. The third-order valence-electron chi connectivity index (χ3n) is 5.83. The Balaban J connectivity index is 1.64. The SMILES string of the molecule is COc1ccccc1N1C(=S)N[C@H](c2ccccn2)[C@@H]1c1ccc(-c2cc(Cl)ccc2C)o1. The van der Waals surface area contributed by atoms with Crippen LogP contribution in [0.25, 0.3) is 11.3 Å². The summed E-state index contributed by atoms with van der Waals surface area (Å²) in [6, 6.07) is 23.0. The molecule has 2 atom stereocenters. The van der Waals surface area contributed by atoms with E-state index in [2.05, 4.69) is 10.3 Å². The van der Waals surface area contributed by atoms with Gasteiger partial charge in [0.05, 0.1) is 24.5 Å². The molecule has 0 spiro atoms. The maximum atomic E-state index is 6.45. The molecule has 0 unspecified atom stereocenters. The number of hydrogen-bond donors (Lipinski definition) is 1. The number of pyridine rings is 1. The van der Waals surface area contributed by atoms with Crippen LogP contribution >= 0.6 is 23.8 Å². The van der Waals surface area contributed by atoms with Gasteiger partial charge in [0.25, 0.3) is 0 Å². The van der Waals surface area contributed by atoms with Crippen molar-refractivity contribution in [2.75, 3.05) is 12.0 Å². The molecule has 1 aliphatic rings. The zero-order valence-corrected chi connectivity index (χ0v) is 19.7. The molecule has 2 aromatic heterocycles. The van der Waals surface area contributed by atoms with Crippen LogP contribution in [0.2, 0.25) is 5.02 Å². The minimum absolute atomic E-state index is 0.205. The number of nitrogens with zero attached hydrogens (tertiary/aromatic N) is 2. The maximum absolute atomic E-state index is 6.45. The molecule has 1 N–H and O–H groups in total. The van der Waals surface area contributed by atoms with E-state index in [-0.39, 0.29) is 12.1 Å². The summed E-state index contributed by atoms with van der Waals surface area (Å²) in [5.74, 6) is 2.24. The van der Waals surface area contributed by atoms with Gasteiger partial charge in [0.15, 0.2) is 5.11 Å². The number of aryl methyl sites for hydroxylation is 1. The first-order valence-electron chi connectivity index (χ1n) is 10.6. The first-order chi connectivity index (χ1) is 16.1. The topological polar surface area (TPSA) is 50.5 Å². The van der Waals surface area contributed by atoms with Gasteiger partial charge in [-0.1, -0.05) is 35.9 Å². The van der Waals surface area contributed by atoms with Crippen molar-refractivity contribution >= 4 is 34.6 Å². The highest BCUT2D eigenvalue weighted by Crippen LogP contribution is 2.45. The molecule has 0 saturated carbocycles. The Morgan fingerprint density at radius 3 is 2.67 bits per heavy atom. The van der Waals surface area contributed by atoms with E-state index in [1.54, 1.807) is 13.3 Å². The average Bonchev–Trinajstić information content (AvgIpc) is 3.45. The highest BCUT2D eigenvalue weighted by atomic mass is 35.5. The van der Waals surface area contributed by atoms with Crippen LogP contribution in [0.3, 0.4) is 0 Å². The van der Waals surface area contributed by atoms with Crippen molar-refractivity contribution in [2.24, 2.45) is 0 Å². The predicted octanol–water partition coefficient (Wildman–Crippen LogP) is 6.49. The van der Waals surface area contributed by atoms with E-state index in [1.807, 2.05) is 84.6 Å². The summed E-state index contributed by atoms with van der Waals surface area (Å²) in [7, 11) is 1.66. The number of benzene rings is 2. The van der Waals surface area contributed by atoms with Crippen molar-refractivity contribution in [3.8, 4) is 17.1 Å². The van der Waals surface area contributed by atoms with Crippen molar-refractivity contribution in [1.82, 2.24) is 10.3 Å². The van der Waals surface area contributed by atoms with E-state index in [9.17, 15) is 0 Å². The molecular formula is C26H22ClN3O2S. The lowest BCUT2D eigenvalue weighted by molar-refractivity contribution is 0.409. The highest BCUT2D eigenvalue weighted by Gasteiger charge is 2.43. The Morgan fingerprint density at radius 2 is 1.88 bits per heavy atom. The monoisotopic (exact) mass is 475 g/mol. The third-order valence-corrected chi connectivity index (χ3v) is 6.38. The highest BCUT2D eigenvalue weighted by molar-refractivity contribution is 7.80. The third kappa shape index (κ3) is 3.96. The lowest BCUT2D eigenvalue weighted by Gasteiger charge is -2.27. The summed E-state index contributed by atoms with van der Waals surface area (Å²) in [6.07, 6.45) is 1.78. The van der Waals surface area contributed by atoms with Gasteiger partial charge in [-0.2, -0.15) is 0 Å². The molecule has 4 aromatic rings. The summed E-state index contributed by atoms with van der Waals surface area (Å²) in [4.78, 5) is 6.64. The Labute approximate surface area is 203 Å². The van der Waals surface area contributed by atoms with Crippen LogP contribution in [0, 0.1) is 6.92 Å². The number of furan rings is 1. The largest absolute Gasteiger partial charge is 0.495 e. The van der Waals surface area contributed by atoms with Crippen molar-refractivity contribution < 1.29 is 9.15 Å². The minimum Gasteiger partial charge on any atom is -0.495 e. The van der Waals surface area contributed by atoms with Gasteiger partial charge in [-0.3, -0.25) is 4.98 Å². The van der Waals surface area contributed by atoms with E-state index >= 15 is 0 Å². The van der Waals surface area contributed by atoms with E-state index in [4.69, 9.17) is 33.0 Å². The van der Waals surface area contributed by atoms with Crippen molar-refractivity contribution in [3.05, 3.63) is 101 Å². The van der Waals surface area contributed by atoms with Gasteiger partial charge in [0.2, 0.25) is 0 Å². The van der Waals surface area contributed by atoms with Gasteiger partial charge in [0.1, 0.15) is 23.3 Å². The summed E-state index contributed by atoms with van der Waals surface area (Å²) >= 11 is 12.1. The number of methoxy groups -OCH3 is 1. The molecule has 0 radical (unpaired) electrons. The molecule has 5 nitrogen and oxygen atoms in total. The van der Waals surface area contributed by atoms with Crippen LogP contribution in [0.4, 0.5) is 5.69 Å². The molecule has 7 heteroatoms. The Kier molecular flexibility index (Phi) is 5.79. The van der Waals surface area contributed by atoms with Crippen LogP contribution in [-0.2, 0) is 0 Å². The Bertz CT molecular complexity index is 1310. The van der Waals surface area contributed by atoms with Crippen LogP contribution in [0.5, 0.6) is 5.75 Å². The summed E-state index contributed by atoms with van der Waals surface area (Å²) in [5, 5.41) is 4.69. The van der Waals surface area contributed by atoms with Crippen molar-refractivity contribution in [1.29, 1.82) is 0 Å². The van der Waals surface area contributed by atoms with E-state index in [0.29, 0.717) is 10.1 Å². The number of thiocarbonyl (C=S) groups is 1. The Morgan fingerprint density at radius 1 is 1.06 bits per heavy atom. The van der Waals surface area contributed by atoms with Crippen molar-refractivity contribution in [3.63, 3.8) is 0 Å². The fraction of sp³-hybridized carbons (Fsp3) is 0.154. The van der Waals surface area contributed by atoms with Crippen LogP contribution < -0.4 is 15.0 Å². The zero-order valence-electron chi connectivity index (χ0n) is 18.2. The van der Waals surface area contributed by atoms with Gasteiger partial charge in [-0.05, 0) is 73.2 Å². The molecule has 1 aliphatic heterocycles. The second-order valence-corrected chi connectivity index (χ2v) is 8.65. The van der Waals surface area contributed by atoms with Crippen LogP contribution in [0.1, 0.15) is 29.1 Å².